The summed E-state index contributed by atoms with van der Waals surface area (Å²) in [5.74, 6) is -1.22. The monoisotopic (exact) mass is 569 g/mol. The molecule has 1 aliphatic heterocycles. The second-order valence-corrected chi connectivity index (χ2v) is 16.8. The molecule has 5 nitrogen and oxygen atoms in total. The van der Waals surface area contributed by atoms with Crippen molar-refractivity contribution < 1.29 is 18.6 Å². The van der Waals surface area contributed by atoms with Crippen molar-refractivity contribution in [3.8, 4) is 0 Å². The largest absolute Gasteiger partial charge is 0.474 e. The third-order valence-corrected chi connectivity index (χ3v) is 11.6. The molecule has 0 amide bonds. The summed E-state index contributed by atoms with van der Waals surface area (Å²) >= 11 is 17.2. The van der Waals surface area contributed by atoms with Crippen molar-refractivity contribution >= 4 is 59.4 Å². The molecule has 3 rings (SSSR count). The third-order valence-electron chi connectivity index (χ3n) is 6.12. The molecule has 0 saturated carbocycles. The smallest absolute Gasteiger partial charge is 0.265 e. The highest BCUT2D eigenvalue weighted by atomic mass is 35.6. The normalized spacial score (nSPS) is 19.8. The van der Waals surface area contributed by atoms with Crippen molar-refractivity contribution in [1.29, 1.82) is 5.41 Å². The Balaban J connectivity index is 1.94. The number of benzene rings is 2. The van der Waals surface area contributed by atoms with E-state index in [1.54, 1.807) is 6.08 Å². The highest BCUT2D eigenvalue weighted by molar-refractivity contribution is 6.99. The molecular weight excluding hydrogens is 537 g/mol. The van der Waals surface area contributed by atoms with Crippen LogP contribution in [0.4, 0.5) is 0 Å². The van der Waals surface area contributed by atoms with Crippen molar-refractivity contribution in [3.63, 3.8) is 0 Å². The van der Waals surface area contributed by atoms with Crippen LogP contribution in [0.5, 0.6) is 0 Å². The Morgan fingerprint density at radius 1 is 1.03 bits per heavy atom. The molecule has 1 fully saturated rings. The van der Waals surface area contributed by atoms with Gasteiger partial charge in [-0.05, 0) is 40.9 Å². The van der Waals surface area contributed by atoms with Crippen LogP contribution in [-0.2, 0) is 18.6 Å². The predicted octanol–water partition coefficient (Wildman–Crippen LogP) is 6.00. The Labute approximate surface area is 230 Å². The number of alkyl halides is 3. The Morgan fingerprint density at radius 3 is 2.03 bits per heavy atom. The Morgan fingerprint density at radius 2 is 1.56 bits per heavy atom. The molecule has 1 atom stereocenters. The van der Waals surface area contributed by atoms with E-state index in [0.717, 1.165) is 5.57 Å². The molecule has 2 aromatic rings. The predicted molar refractivity (Wildman–Crippen MR) is 151 cm³/mol. The zero-order chi connectivity index (χ0) is 26.6. The average molecular weight is 571 g/mol. The molecule has 2 aromatic carbocycles. The summed E-state index contributed by atoms with van der Waals surface area (Å²) < 4.78 is 22.7. The maximum absolute atomic E-state index is 7.76. The van der Waals surface area contributed by atoms with Crippen LogP contribution in [0.2, 0.25) is 5.04 Å². The van der Waals surface area contributed by atoms with Gasteiger partial charge >= 0.3 is 0 Å². The second-order valence-electron chi connectivity index (χ2n) is 10.2. The van der Waals surface area contributed by atoms with E-state index in [4.69, 9.17) is 58.8 Å². The first-order valence-electron chi connectivity index (χ1n) is 11.8. The Bertz CT molecular complexity index is 1010. The van der Waals surface area contributed by atoms with Crippen LogP contribution in [0.25, 0.3) is 0 Å². The number of hydrogen-bond donors (Lipinski definition) is 1. The van der Waals surface area contributed by atoms with Gasteiger partial charge in [0.15, 0.2) is 5.79 Å². The topological polar surface area (TPSA) is 60.8 Å². The highest BCUT2D eigenvalue weighted by Gasteiger charge is 2.51. The first kappa shape index (κ1) is 29.2. The molecule has 0 unspecified atom stereocenters. The Hall–Kier alpha value is -1.38. The first-order valence-corrected chi connectivity index (χ1v) is 14.8. The minimum atomic E-state index is -2.75. The second kappa shape index (κ2) is 11.6. The van der Waals surface area contributed by atoms with Crippen LogP contribution in [0.15, 0.2) is 72.3 Å². The molecule has 1 aliphatic rings. The standard InChI is InChI=1S/C27H34Cl3NO4Si/c1-25(2,3)36(21-12-8-6-9-13-21,22-14-10-7-11-15-22)34-19-23-20(18-33-26(4,5)35-23)16-17-32-24(31)27(28,29)30/h6-16,23,31H,17-19H2,1-5H3/b20-16+,31-24?/t23-/m0/s1. The molecule has 0 radical (unpaired) electrons. The van der Waals surface area contributed by atoms with Crippen molar-refractivity contribution in [2.45, 2.75) is 55.3 Å². The summed E-state index contributed by atoms with van der Waals surface area (Å²) in [6.07, 6.45) is 1.43. The lowest BCUT2D eigenvalue weighted by atomic mass is 10.1. The summed E-state index contributed by atoms with van der Waals surface area (Å²) in [7, 11) is -2.75. The van der Waals surface area contributed by atoms with E-state index in [2.05, 4.69) is 69.3 Å². The maximum atomic E-state index is 7.76. The highest BCUT2D eigenvalue weighted by Crippen LogP contribution is 2.38. The number of ether oxygens (including phenoxy) is 3. The molecule has 1 heterocycles. The van der Waals surface area contributed by atoms with Crippen LogP contribution in [0.3, 0.4) is 0 Å². The van der Waals surface area contributed by atoms with E-state index in [9.17, 15) is 0 Å². The number of nitrogens with one attached hydrogen (secondary N) is 1. The van der Waals surface area contributed by atoms with Crippen LogP contribution in [0, 0.1) is 5.41 Å². The minimum Gasteiger partial charge on any atom is -0.474 e. The Kier molecular flexibility index (Phi) is 9.37. The van der Waals surface area contributed by atoms with Crippen LogP contribution < -0.4 is 10.4 Å². The average Bonchev–Trinajstić information content (AvgIpc) is 2.80. The lowest BCUT2D eigenvalue weighted by Crippen LogP contribution is -2.67. The molecule has 0 bridgehead atoms. The molecule has 0 aliphatic carbocycles. The third kappa shape index (κ3) is 6.92. The zero-order valence-electron chi connectivity index (χ0n) is 21.3. The summed E-state index contributed by atoms with van der Waals surface area (Å²) in [6.45, 7) is 11.2. The fourth-order valence-electron chi connectivity index (χ4n) is 4.41. The van der Waals surface area contributed by atoms with E-state index in [0.29, 0.717) is 13.2 Å². The van der Waals surface area contributed by atoms with Gasteiger partial charge in [-0.3, -0.25) is 5.41 Å². The lowest BCUT2D eigenvalue weighted by Gasteiger charge is -2.45. The van der Waals surface area contributed by atoms with Gasteiger partial charge in [-0.1, -0.05) is 116 Å². The summed E-state index contributed by atoms with van der Waals surface area (Å²) in [5.41, 5.74) is 0.851. The van der Waals surface area contributed by atoms with Crippen molar-refractivity contribution in [2.75, 3.05) is 19.8 Å². The van der Waals surface area contributed by atoms with Gasteiger partial charge in [0.05, 0.1) is 13.2 Å². The van der Waals surface area contributed by atoms with E-state index in [1.165, 1.54) is 10.4 Å². The molecule has 9 heteroatoms. The lowest BCUT2D eigenvalue weighted by molar-refractivity contribution is -0.256. The van der Waals surface area contributed by atoms with E-state index in [1.807, 2.05) is 26.0 Å². The van der Waals surface area contributed by atoms with Gasteiger partial charge in [0.1, 0.15) is 12.7 Å². The molecule has 0 spiro atoms. The van der Waals surface area contributed by atoms with Crippen LogP contribution in [0.1, 0.15) is 34.6 Å². The molecule has 1 saturated heterocycles. The first-order chi connectivity index (χ1) is 16.8. The van der Waals surface area contributed by atoms with Gasteiger partial charge in [-0.15, -0.1) is 0 Å². The number of rotatable bonds is 7. The summed E-state index contributed by atoms with van der Waals surface area (Å²) in [5, 5.41) is 9.99. The van der Waals surface area contributed by atoms with Gasteiger partial charge in [0.25, 0.3) is 12.1 Å². The summed E-state index contributed by atoms with van der Waals surface area (Å²) in [4.78, 5) is 0. The SMILES string of the molecule is CC1(C)OC/C(=C\COC(=N)C(Cl)(Cl)Cl)[C@H](CO[Si](c2ccccc2)(c2ccccc2)C(C)(C)C)O1. The van der Waals surface area contributed by atoms with Gasteiger partial charge in [0.2, 0.25) is 5.90 Å². The van der Waals surface area contributed by atoms with Crippen LogP contribution in [-0.4, -0.2) is 49.7 Å². The zero-order valence-corrected chi connectivity index (χ0v) is 24.6. The van der Waals surface area contributed by atoms with Gasteiger partial charge in [-0.2, -0.15) is 0 Å². The molecule has 1 N–H and O–H groups in total. The minimum absolute atomic E-state index is 0.0466. The van der Waals surface area contributed by atoms with Crippen molar-refractivity contribution in [1.82, 2.24) is 0 Å². The van der Waals surface area contributed by atoms with E-state index in [-0.39, 0.29) is 17.7 Å². The maximum Gasteiger partial charge on any atom is 0.265 e. The van der Waals surface area contributed by atoms with Gasteiger partial charge in [-0.25, -0.2) is 0 Å². The molecule has 196 valence electrons. The molecule has 36 heavy (non-hydrogen) atoms. The van der Waals surface area contributed by atoms with Crippen LogP contribution >= 0.6 is 34.8 Å². The molecular formula is C27H34Cl3NO4Si. The van der Waals surface area contributed by atoms with E-state index >= 15 is 0 Å². The fourth-order valence-corrected chi connectivity index (χ4v) is 9.13. The van der Waals surface area contributed by atoms with E-state index < -0.39 is 23.8 Å². The van der Waals surface area contributed by atoms with Crippen molar-refractivity contribution in [3.05, 3.63) is 72.3 Å². The van der Waals surface area contributed by atoms with Crippen molar-refractivity contribution in [2.24, 2.45) is 0 Å². The number of halogens is 3. The number of hydrogen-bond acceptors (Lipinski definition) is 5. The molecule has 0 aromatic heterocycles. The van der Waals surface area contributed by atoms with Gasteiger partial charge in [0, 0.05) is 0 Å². The summed E-state index contributed by atoms with van der Waals surface area (Å²) in [6, 6.07) is 20.9. The quantitative estimate of drug-likeness (QED) is 0.146. The van der Waals surface area contributed by atoms with Gasteiger partial charge < -0.3 is 18.6 Å². The fraction of sp³-hybridized carbons (Fsp3) is 0.444.